The maximum Gasteiger partial charge on any atom is 0.320 e. The Morgan fingerprint density at radius 2 is 2.05 bits per heavy atom. The van der Waals surface area contributed by atoms with E-state index in [1.165, 1.54) is 0 Å². The number of ether oxygens (including phenoxy) is 1. The van der Waals surface area contributed by atoms with Crippen LogP contribution in [0.15, 0.2) is 30.3 Å². The van der Waals surface area contributed by atoms with Gasteiger partial charge in [-0.25, -0.2) is 0 Å². The van der Waals surface area contributed by atoms with Crippen LogP contribution >= 0.6 is 11.8 Å². The van der Waals surface area contributed by atoms with Gasteiger partial charge < -0.3 is 9.84 Å². The number of thioether (sulfide) groups is 1. The van der Waals surface area contributed by atoms with Crippen LogP contribution in [0.2, 0.25) is 0 Å². The van der Waals surface area contributed by atoms with Crippen LogP contribution in [0.3, 0.4) is 0 Å². The average molecular weight is 283 g/mol. The maximum atomic E-state index is 11.2. The number of carboxylic acid groups (broad SMARTS) is 1. The predicted molar refractivity (Wildman–Crippen MR) is 78.7 cm³/mol. The van der Waals surface area contributed by atoms with Gasteiger partial charge in [0.05, 0.1) is 0 Å². The molecule has 0 aliphatic carbocycles. The van der Waals surface area contributed by atoms with Crippen LogP contribution in [-0.4, -0.2) is 34.9 Å². The highest BCUT2D eigenvalue weighted by molar-refractivity contribution is 7.98. The molecule has 1 aromatic carbocycles. The molecule has 0 aliphatic rings. The fourth-order valence-electron chi connectivity index (χ4n) is 1.73. The lowest BCUT2D eigenvalue weighted by Gasteiger charge is -2.31. The first-order chi connectivity index (χ1) is 8.94. The first-order valence-electron chi connectivity index (χ1n) is 6.18. The molecule has 1 atom stereocenters. The van der Waals surface area contributed by atoms with Gasteiger partial charge >= 0.3 is 5.97 Å². The third-order valence-electron chi connectivity index (χ3n) is 2.55. The van der Waals surface area contributed by atoms with Crippen molar-refractivity contribution in [1.82, 2.24) is 5.32 Å². The van der Waals surface area contributed by atoms with Gasteiger partial charge in [0.1, 0.15) is 11.8 Å². The molecule has 0 fully saturated rings. The van der Waals surface area contributed by atoms with Crippen molar-refractivity contribution in [3.05, 3.63) is 30.3 Å². The highest BCUT2D eigenvalue weighted by atomic mass is 32.2. The summed E-state index contributed by atoms with van der Waals surface area (Å²) in [4.78, 5) is 11.2. The highest BCUT2D eigenvalue weighted by Crippen LogP contribution is 2.17. The van der Waals surface area contributed by atoms with E-state index in [1.54, 1.807) is 11.8 Å². The van der Waals surface area contributed by atoms with Crippen molar-refractivity contribution in [2.75, 3.05) is 12.0 Å². The van der Waals surface area contributed by atoms with E-state index in [0.717, 1.165) is 5.75 Å². The summed E-state index contributed by atoms with van der Waals surface area (Å²) >= 11 is 1.63. The van der Waals surface area contributed by atoms with Gasteiger partial charge in [0.25, 0.3) is 0 Å². The van der Waals surface area contributed by atoms with Crippen LogP contribution in [0, 0.1) is 0 Å². The lowest BCUT2D eigenvalue weighted by Crippen LogP contribution is -2.53. The summed E-state index contributed by atoms with van der Waals surface area (Å²) in [5.74, 6) is 0.665. The van der Waals surface area contributed by atoms with Gasteiger partial charge in [0.15, 0.2) is 5.72 Å². The number of rotatable bonds is 8. The summed E-state index contributed by atoms with van der Waals surface area (Å²) in [6.07, 6.45) is 2.53. The molecule has 2 N–H and O–H groups in total. The standard InChI is InChI=1S/C14H21NO3S/c1-14(2,18-11-7-5-4-6-8-11)15-12(13(16)17)9-10-19-3/h4-8,12,15H,9-10H2,1-3H3,(H,16,17). The van der Waals surface area contributed by atoms with E-state index in [1.807, 2.05) is 50.4 Å². The molecule has 0 heterocycles. The highest BCUT2D eigenvalue weighted by Gasteiger charge is 2.27. The van der Waals surface area contributed by atoms with Gasteiger partial charge in [-0.2, -0.15) is 11.8 Å². The molecule has 0 spiro atoms. The Bertz CT molecular complexity index is 395. The zero-order valence-electron chi connectivity index (χ0n) is 11.6. The summed E-state index contributed by atoms with van der Waals surface area (Å²) in [6.45, 7) is 3.66. The normalized spacial score (nSPS) is 13.0. The predicted octanol–water partition coefficient (Wildman–Crippen LogP) is 2.60. The second kappa shape index (κ2) is 7.40. The SMILES string of the molecule is CSCCC(NC(C)(C)Oc1ccccc1)C(=O)O. The van der Waals surface area contributed by atoms with E-state index >= 15 is 0 Å². The third-order valence-corrected chi connectivity index (χ3v) is 3.19. The average Bonchev–Trinajstić information content (AvgIpc) is 2.34. The summed E-state index contributed by atoms with van der Waals surface area (Å²) < 4.78 is 5.78. The van der Waals surface area contributed by atoms with E-state index in [-0.39, 0.29) is 0 Å². The van der Waals surface area contributed by atoms with Crippen molar-refractivity contribution in [3.63, 3.8) is 0 Å². The Hall–Kier alpha value is -1.20. The molecule has 0 saturated carbocycles. The minimum atomic E-state index is -0.848. The molecule has 19 heavy (non-hydrogen) atoms. The lowest BCUT2D eigenvalue weighted by molar-refractivity contribution is -0.141. The van der Waals surface area contributed by atoms with E-state index in [0.29, 0.717) is 12.2 Å². The van der Waals surface area contributed by atoms with Crippen LogP contribution in [0.5, 0.6) is 5.75 Å². The van der Waals surface area contributed by atoms with Gasteiger partial charge in [-0.1, -0.05) is 18.2 Å². The van der Waals surface area contributed by atoms with Gasteiger partial charge in [-0.15, -0.1) is 0 Å². The molecule has 106 valence electrons. The fourth-order valence-corrected chi connectivity index (χ4v) is 2.20. The van der Waals surface area contributed by atoms with Crippen LogP contribution in [-0.2, 0) is 4.79 Å². The number of carboxylic acids is 1. The zero-order valence-corrected chi connectivity index (χ0v) is 12.4. The minimum Gasteiger partial charge on any atom is -0.480 e. The summed E-state index contributed by atoms with van der Waals surface area (Å²) in [7, 11) is 0. The van der Waals surface area contributed by atoms with Crippen LogP contribution in [0.1, 0.15) is 20.3 Å². The molecule has 0 aliphatic heterocycles. The fraction of sp³-hybridized carbons (Fsp3) is 0.500. The molecule has 0 saturated heterocycles. The van der Waals surface area contributed by atoms with Crippen molar-refractivity contribution in [1.29, 1.82) is 0 Å². The largest absolute Gasteiger partial charge is 0.480 e. The Morgan fingerprint density at radius 1 is 1.42 bits per heavy atom. The Balaban J connectivity index is 2.62. The van der Waals surface area contributed by atoms with Crippen molar-refractivity contribution in [3.8, 4) is 5.75 Å². The molecular weight excluding hydrogens is 262 g/mol. The topological polar surface area (TPSA) is 58.6 Å². The molecule has 1 rings (SSSR count). The molecule has 1 aromatic rings. The first kappa shape index (κ1) is 15.9. The van der Waals surface area contributed by atoms with Crippen molar-refractivity contribution in [2.45, 2.75) is 32.0 Å². The number of benzene rings is 1. The van der Waals surface area contributed by atoms with Crippen molar-refractivity contribution >= 4 is 17.7 Å². The van der Waals surface area contributed by atoms with Crippen LogP contribution in [0.4, 0.5) is 0 Å². The van der Waals surface area contributed by atoms with Gasteiger partial charge in [0, 0.05) is 0 Å². The molecule has 0 radical (unpaired) electrons. The Labute approximate surface area is 118 Å². The number of aliphatic carboxylic acids is 1. The molecule has 0 bridgehead atoms. The monoisotopic (exact) mass is 283 g/mol. The van der Waals surface area contributed by atoms with Crippen molar-refractivity contribution < 1.29 is 14.6 Å². The number of para-hydroxylation sites is 1. The summed E-state index contributed by atoms with van der Waals surface area (Å²) in [5, 5.41) is 12.2. The van der Waals surface area contributed by atoms with E-state index < -0.39 is 17.7 Å². The minimum absolute atomic E-state index is 0.568. The number of hydrogen-bond donors (Lipinski definition) is 2. The van der Waals surface area contributed by atoms with Gasteiger partial charge in [-0.3, -0.25) is 10.1 Å². The van der Waals surface area contributed by atoms with E-state index in [9.17, 15) is 9.90 Å². The summed E-state index contributed by atoms with van der Waals surface area (Å²) in [6, 6.07) is 8.77. The second-order valence-corrected chi connectivity index (χ2v) is 5.73. The van der Waals surface area contributed by atoms with E-state index in [4.69, 9.17) is 4.74 Å². The third kappa shape index (κ3) is 5.98. The molecule has 5 heteroatoms. The maximum absolute atomic E-state index is 11.2. The molecule has 0 aromatic heterocycles. The van der Waals surface area contributed by atoms with Crippen LogP contribution in [0.25, 0.3) is 0 Å². The molecule has 0 amide bonds. The molecule has 4 nitrogen and oxygen atoms in total. The number of carbonyl (C=O) groups is 1. The summed E-state index contributed by atoms with van der Waals surface area (Å²) in [5.41, 5.74) is -0.733. The lowest BCUT2D eigenvalue weighted by atomic mass is 10.2. The van der Waals surface area contributed by atoms with E-state index in [2.05, 4.69) is 5.32 Å². The molecular formula is C14H21NO3S. The quantitative estimate of drug-likeness (QED) is 0.718. The number of hydrogen-bond acceptors (Lipinski definition) is 4. The zero-order chi connectivity index (χ0) is 14.3. The van der Waals surface area contributed by atoms with Crippen molar-refractivity contribution in [2.24, 2.45) is 0 Å². The number of nitrogens with one attached hydrogen (secondary N) is 1. The Kier molecular flexibility index (Phi) is 6.18. The first-order valence-corrected chi connectivity index (χ1v) is 7.57. The van der Waals surface area contributed by atoms with Gasteiger partial charge in [-0.05, 0) is 44.4 Å². The smallest absolute Gasteiger partial charge is 0.320 e. The van der Waals surface area contributed by atoms with Crippen LogP contribution < -0.4 is 10.1 Å². The molecule has 1 unspecified atom stereocenters. The van der Waals surface area contributed by atoms with Gasteiger partial charge in [0.2, 0.25) is 0 Å². The Morgan fingerprint density at radius 3 is 2.58 bits per heavy atom. The second-order valence-electron chi connectivity index (χ2n) is 4.74.